The molecule has 0 saturated heterocycles. The van der Waals surface area contributed by atoms with E-state index in [1.165, 1.54) is 0 Å². The molecule has 1 aromatic heterocycles. The summed E-state index contributed by atoms with van der Waals surface area (Å²) < 4.78 is 6.36. The van der Waals surface area contributed by atoms with Gasteiger partial charge in [0.05, 0.1) is 12.7 Å². The second-order valence-corrected chi connectivity index (χ2v) is 5.88. The van der Waals surface area contributed by atoms with Crippen LogP contribution in [0.25, 0.3) is 11.1 Å². The van der Waals surface area contributed by atoms with Gasteiger partial charge in [0.2, 0.25) is 0 Å². The molecule has 0 aliphatic heterocycles. The molecule has 0 saturated carbocycles. The van der Waals surface area contributed by atoms with Crippen molar-refractivity contribution in [1.82, 2.24) is 4.98 Å². The highest BCUT2D eigenvalue weighted by atomic mass is 79.9. The number of hydrogen-bond donors (Lipinski definition) is 2. The number of pyridine rings is 1. The van der Waals surface area contributed by atoms with Crippen LogP contribution in [0.3, 0.4) is 0 Å². The number of nitrogens with two attached hydrogens (primary N) is 1. The fourth-order valence-corrected chi connectivity index (χ4v) is 2.63. The molecule has 0 aliphatic carbocycles. The average molecular weight is 398 g/mol. The summed E-state index contributed by atoms with van der Waals surface area (Å²) in [6, 6.07) is 10.8. The number of hydrogen-bond acceptors (Lipinski definition) is 6. The quantitative estimate of drug-likeness (QED) is 0.743. The summed E-state index contributed by atoms with van der Waals surface area (Å²) >= 11 is 3.34. The molecule has 0 fully saturated rings. The molecule has 8 heteroatoms. The number of benzene rings is 1. The number of nitrogens with one attached hydrogen (secondary N) is 1. The number of nitrogens with zero attached hydrogens (tertiary/aromatic N) is 3. The van der Waals surface area contributed by atoms with E-state index in [1.807, 2.05) is 18.2 Å². The van der Waals surface area contributed by atoms with Crippen molar-refractivity contribution >= 4 is 21.7 Å². The van der Waals surface area contributed by atoms with Crippen molar-refractivity contribution in [2.45, 2.75) is 12.8 Å². The Labute approximate surface area is 152 Å². The van der Waals surface area contributed by atoms with Gasteiger partial charge in [-0.2, -0.15) is 15.8 Å². The maximum atomic E-state index is 12.1. The molecular weight excluding hydrogens is 386 g/mol. The molecule has 0 unspecified atom stereocenters. The number of nitriles is 3. The van der Waals surface area contributed by atoms with Gasteiger partial charge >= 0.3 is 0 Å². The topological polar surface area (TPSA) is 139 Å². The standard InChI is InChI=1S/C17H12BrN5O2/c18-10-3-4-14(25-6-2-1-5-19)11(7-10)15-12(8-20)16(22)23-17(24)13(15)9-21/h3-4,7H,1-2,6H2,(H3,22,23,24). The Morgan fingerprint density at radius 1 is 1.20 bits per heavy atom. The van der Waals surface area contributed by atoms with Crippen molar-refractivity contribution in [3.63, 3.8) is 0 Å². The number of anilines is 1. The molecule has 25 heavy (non-hydrogen) atoms. The van der Waals surface area contributed by atoms with Crippen LogP contribution in [-0.4, -0.2) is 11.6 Å². The first-order valence-corrected chi connectivity index (χ1v) is 7.98. The average Bonchev–Trinajstić information content (AvgIpc) is 2.59. The van der Waals surface area contributed by atoms with Gasteiger partial charge in [-0.05, 0) is 24.6 Å². The SMILES string of the molecule is N#CCCCOc1ccc(Br)cc1-c1c(C#N)c(N)[nH]c(=O)c1C#N. The lowest BCUT2D eigenvalue weighted by atomic mass is 9.96. The van der Waals surface area contributed by atoms with Crippen LogP contribution >= 0.6 is 15.9 Å². The van der Waals surface area contributed by atoms with Gasteiger partial charge in [-0.3, -0.25) is 4.79 Å². The van der Waals surface area contributed by atoms with Crippen LogP contribution in [0.1, 0.15) is 24.0 Å². The largest absolute Gasteiger partial charge is 0.493 e. The zero-order valence-electron chi connectivity index (χ0n) is 13.0. The Bertz CT molecular complexity index is 992. The Kier molecular flexibility index (Phi) is 5.79. The highest BCUT2D eigenvalue weighted by Gasteiger charge is 2.21. The molecule has 7 nitrogen and oxygen atoms in total. The Morgan fingerprint density at radius 2 is 1.92 bits per heavy atom. The molecule has 0 atom stereocenters. The molecule has 1 heterocycles. The maximum absolute atomic E-state index is 12.1. The first-order valence-electron chi connectivity index (χ1n) is 7.19. The van der Waals surface area contributed by atoms with Crippen molar-refractivity contribution in [1.29, 1.82) is 15.8 Å². The van der Waals surface area contributed by atoms with Crippen LogP contribution in [0.4, 0.5) is 5.82 Å². The molecule has 124 valence electrons. The highest BCUT2D eigenvalue weighted by molar-refractivity contribution is 9.10. The zero-order chi connectivity index (χ0) is 18.4. The van der Waals surface area contributed by atoms with Gasteiger partial charge < -0.3 is 15.5 Å². The third-order valence-corrected chi connectivity index (χ3v) is 3.86. The summed E-state index contributed by atoms with van der Waals surface area (Å²) in [6.07, 6.45) is 0.871. The molecule has 0 bridgehead atoms. The van der Waals surface area contributed by atoms with E-state index in [-0.39, 0.29) is 29.1 Å². The summed E-state index contributed by atoms with van der Waals surface area (Å²) in [7, 11) is 0. The van der Waals surface area contributed by atoms with E-state index in [9.17, 15) is 15.3 Å². The van der Waals surface area contributed by atoms with Gasteiger partial charge in [-0.25, -0.2) is 0 Å². The third-order valence-electron chi connectivity index (χ3n) is 3.37. The van der Waals surface area contributed by atoms with E-state index >= 15 is 0 Å². The lowest BCUT2D eigenvalue weighted by Crippen LogP contribution is -2.16. The summed E-state index contributed by atoms with van der Waals surface area (Å²) in [5.41, 5.74) is 5.38. The summed E-state index contributed by atoms with van der Waals surface area (Å²) in [5.74, 6) is 0.274. The number of H-pyrrole nitrogens is 1. The minimum absolute atomic E-state index is 0.00359. The van der Waals surface area contributed by atoms with E-state index < -0.39 is 5.56 Å². The lowest BCUT2D eigenvalue weighted by molar-refractivity contribution is 0.314. The van der Waals surface area contributed by atoms with Gasteiger partial charge in [0, 0.05) is 22.0 Å². The summed E-state index contributed by atoms with van der Waals surface area (Å²) in [5, 5.41) is 27.4. The van der Waals surface area contributed by atoms with Crippen molar-refractivity contribution in [2.24, 2.45) is 0 Å². The van der Waals surface area contributed by atoms with Crippen molar-refractivity contribution in [3.8, 4) is 35.1 Å². The second-order valence-electron chi connectivity index (χ2n) is 4.97. The number of rotatable bonds is 5. The smallest absolute Gasteiger partial charge is 0.268 e. The first-order chi connectivity index (χ1) is 12.0. The van der Waals surface area contributed by atoms with Crippen molar-refractivity contribution in [2.75, 3.05) is 12.3 Å². The Balaban J connectivity index is 2.68. The van der Waals surface area contributed by atoms with Gasteiger partial charge in [-0.1, -0.05) is 15.9 Å². The summed E-state index contributed by atoms with van der Waals surface area (Å²) in [4.78, 5) is 14.4. The zero-order valence-corrected chi connectivity index (χ0v) is 14.6. The van der Waals surface area contributed by atoms with E-state index in [2.05, 4.69) is 20.9 Å². The molecule has 0 aliphatic rings. The Hall–Kier alpha value is -3.28. The molecule has 3 N–H and O–H groups in total. The molecule has 1 aromatic carbocycles. The van der Waals surface area contributed by atoms with Gasteiger partial charge in [0.1, 0.15) is 34.8 Å². The third kappa shape index (κ3) is 3.80. The fourth-order valence-electron chi connectivity index (χ4n) is 2.27. The van der Waals surface area contributed by atoms with Crippen LogP contribution in [0.5, 0.6) is 5.75 Å². The minimum atomic E-state index is -0.676. The first kappa shape index (κ1) is 18.1. The van der Waals surface area contributed by atoms with Gasteiger partial charge in [0.15, 0.2) is 0 Å². The predicted octanol–water partition coefficient (Wildman–Crippen LogP) is 2.81. The lowest BCUT2D eigenvalue weighted by Gasteiger charge is -2.14. The summed E-state index contributed by atoms with van der Waals surface area (Å²) in [6.45, 7) is 0.282. The minimum Gasteiger partial charge on any atom is -0.493 e. The second kappa shape index (κ2) is 8.01. The van der Waals surface area contributed by atoms with E-state index in [4.69, 9.17) is 15.7 Å². The fraction of sp³-hybridized carbons (Fsp3) is 0.176. The number of aromatic nitrogens is 1. The van der Waals surface area contributed by atoms with Crippen LogP contribution in [0.2, 0.25) is 0 Å². The molecule has 0 radical (unpaired) electrons. The highest BCUT2D eigenvalue weighted by Crippen LogP contribution is 2.37. The monoisotopic (exact) mass is 397 g/mol. The van der Waals surface area contributed by atoms with Crippen LogP contribution in [0, 0.1) is 34.0 Å². The molecule has 2 aromatic rings. The van der Waals surface area contributed by atoms with Gasteiger partial charge in [-0.15, -0.1) is 0 Å². The maximum Gasteiger partial charge on any atom is 0.268 e. The Morgan fingerprint density at radius 3 is 2.56 bits per heavy atom. The molecular formula is C17H12BrN5O2. The molecule has 0 amide bonds. The van der Waals surface area contributed by atoms with Crippen molar-refractivity contribution < 1.29 is 4.74 Å². The van der Waals surface area contributed by atoms with E-state index in [0.717, 1.165) is 0 Å². The van der Waals surface area contributed by atoms with Crippen molar-refractivity contribution in [3.05, 3.63) is 44.2 Å². The molecule has 2 rings (SSSR count). The van der Waals surface area contributed by atoms with E-state index in [1.54, 1.807) is 18.2 Å². The van der Waals surface area contributed by atoms with Crippen LogP contribution < -0.4 is 16.0 Å². The van der Waals surface area contributed by atoms with E-state index in [0.29, 0.717) is 28.6 Å². The number of nitrogen functional groups attached to an aromatic ring is 1. The van der Waals surface area contributed by atoms with Crippen LogP contribution in [0.15, 0.2) is 27.5 Å². The van der Waals surface area contributed by atoms with Gasteiger partial charge in [0.25, 0.3) is 5.56 Å². The molecule has 0 spiro atoms. The number of halogens is 1. The number of ether oxygens (including phenoxy) is 1. The number of unbranched alkanes of at least 4 members (excludes halogenated alkanes) is 1. The predicted molar refractivity (Wildman–Crippen MR) is 94.4 cm³/mol. The van der Waals surface area contributed by atoms with Crippen LogP contribution in [-0.2, 0) is 0 Å². The number of aromatic amines is 1. The normalized spacial score (nSPS) is 9.68.